The zero-order valence-corrected chi connectivity index (χ0v) is 9.82. The molecule has 0 unspecified atom stereocenters. The van der Waals surface area contributed by atoms with E-state index in [1.165, 1.54) is 0 Å². The molecule has 0 aliphatic rings. The minimum absolute atomic E-state index is 0.288. The molecule has 2 amide bonds. The molecule has 2 heterocycles. The predicted molar refractivity (Wildman–Crippen MR) is 67.0 cm³/mol. The lowest BCUT2D eigenvalue weighted by Crippen LogP contribution is -2.24. The fourth-order valence-electron chi connectivity index (χ4n) is 1.48. The number of rotatable bonds is 2. The number of hydrogen-bond acceptors (Lipinski definition) is 3. The van der Waals surface area contributed by atoms with Gasteiger partial charge in [0.05, 0.1) is 0 Å². The number of nitrogens with one attached hydrogen (secondary N) is 2. The third-order valence-corrected chi connectivity index (χ3v) is 2.44. The molecule has 0 saturated heterocycles. The second kappa shape index (κ2) is 4.78. The van der Waals surface area contributed by atoms with Crippen LogP contribution < -0.4 is 10.6 Å². The quantitative estimate of drug-likeness (QED) is 0.828. The second-order valence-corrected chi connectivity index (χ2v) is 3.60. The number of carbonyl (C=O) groups excluding carboxylic acids is 1. The Morgan fingerprint density at radius 2 is 2.00 bits per heavy atom. The number of aromatic nitrogens is 2. The summed E-state index contributed by atoms with van der Waals surface area (Å²) in [6, 6.07) is 7.32. The standard InChI is InChI=1S/C12H14N4O/c1-3-9-6-4-8-5-7-10(15-11(8)14-9)16-12(17)13-2/h4-7H,3H2,1-2H3,(H2,13,14,15,16,17). The number of fused-ring (bicyclic) bond motifs is 1. The fraction of sp³-hybridized carbons (Fsp3) is 0.250. The molecule has 0 aromatic carbocycles. The molecule has 17 heavy (non-hydrogen) atoms. The second-order valence-electron chi connectivity index (χ2n) is 3.60. The van der Waals surface area contributed by atoms with Gasteiger partial charge in [-0.1, -0.05) is 6.92 Å². The van der Waals surface area contributed by atoms with Gasteiger partial charge in [0.15, 0.2) is 5.65 Å². The van der Waals surface area contributed by atoms with Crippen LogP contribution in [0.4, 0.5) is 10.6 Å². The van der Waals surface area contributed by atoms with E-state index in [4.69, 9.17) is 0 Å². The monoisotopic (exact) mass is 230 g/mol. The highest BCUT2D eigenvalue weighted by Crippen LogP contribution is 2.14. The Balaban J connectivity index is 2.37. The normalized spacial score (nSPS) is 10.2. The maximum atomic E-state index is 11.2. The van der Waals surface area contributed by atoms with Crippen LogP contribution in [0.3, 0.4) is 0 Å². The van der Waals surface area contributed by atoms with Crippen LogP contribution in [0.25, 0.3) is 11.0 Å². The zero-order chi connectivity index (χ0) is 12.3. The van der Waals surface area contributed by atoms with Crippen LogP contribution >= 0.6 is 0 Å². The van der Waals surface area contributed by atoms with Gasteiger partial charge in [-0.25, -0.2) is 14.8 Å². The third kappa shape index (κ3) is 2.50. The van der Waals surface area contributed by atoms with Gasteiger partial charge in [-0.05, 0) is 30.7 Å². The van der Waals surface area contributed by atoms with Gasteiger partial charge in [0.2, 0.25) is 0 Å². The smallest absolute Gasteiger partial charge is 0.320 e. The van der Waals surface area contributed by atoms with Crippen molar-refractivity contribution in [1.29, 1.82) is 0 Å². The van der Waals surface area contributed by atoms with Crippen molar-refractivity contribution >= 4 is 22.9 Å². The van der Waals surface area contributed by atoms with E-state index in [2.05, 4.69) is 20.6 Å². The lowest BCUT2D eigenvalue weighted by atomic mass is 10.2. The van der Waals surface area contributed by atoms with E-state index in [0.29, 0.717) is 11.5 Å². The average Bonchev–Trinajstić information content (AvgIpc) is 2.37. The molecule has 0 spiro atoms. The van der Waals surface area contributed by atoms with Crippen LogP contribution in [0, 0.1) is 0 Å². The number of pyridine rings is 2. The Kier molecular flexibility index (Phi) is 3.18. The molecular weight excluding hydrogens is 216 g/mol. The molecular formula is C12H14N4O. The first-order valence-corrected chi connectivity index (χ1v) is 5.48. The third-order valence-electron chi connectivity index (χ3n) is 2.44. The van der Waals surface area contributed by atoms with Gasteiger partial charge in [-0.15, -0.1) is 0 Å². The maximum Gasteiger partial charge on any atom is 0.320 e. The Morgan fingerprint density at radius 1 is 1.24 bits per heavy atom. The fourth-order valence-corrected chi connectivity index (χ4v) is 1.48. The number of aryl methyl sites for hydroxylation is 1. The number of nitrogens with zero attached hydrogens (tertiary/aromatic N) is 2. The topological polar surface area (TPSA) is 66.9 Å². The summed E-state index contributed by atoms with van der Waals surface area (Å²) in [6.07, 6.45) is 0.866. The van der Waals surface area contributed by atoms with Crippen LogP contribution in [0.1, 0.15) is 12.6 Å². The van der Waals surface area contributed by atoms with E-state index in [0.717, 1.165) is 17.5 Å². The molecule has 0 fully saturated rings. The molecule has 0 aliphatic carbocycles. The molecule has 0 radical (unpaired) electrons. The van der Waals surface area contributed by atoms with E-state index in [1.807, 2.05) is 25.1 Å². The molecule has 2 N–H and O–H groups in total. The van der Waals surface area contributed by atoms with Crippen molar-refractivity contribution in [3.05, 3.63) is 30.0 Å². The molecule has 0 bridgehead atoms. The number of carbonyl (C=O) groups is 1. The van der Waals surface area contributed by atoms with Crippen LogP contribution in [-0.4, -0.2) is 23.0 Å². The highest BCUT2D eigenvalue weighted by Gasteiger charge is 2.03. The van der Waals surface area contributed by atoms with Crippen molar-refractivity contribution in [2.75, 3.05) is 12.4 Å². The highest BCUT2D eigenvalue weighted by atomic mass is 16.2. The van der Waals surface area contributed by atoms with Crippen molar-refractivity contribution in [2.24, 2.45) is 0 Å². The molecule has 5 nitrogen and oxygen atoms in total. The van der Waals surface area contributed by atoms with Gasteiger partial charge in [-0.3, -0.25) is 5.32 Å². The molecule has 5 heteroatoms. The maximum absolute atomic E-state index is 11.2. The minimum Gasteiger partial charge on any atom is -0.341 e. The van der Waals surface area contributed by atoms with Crippen molar-refractivity contribution in [1.82, 2.24) is 15.3 Å². The molecule has 0 atom stereocenters. The predicted octanol–water partition coefficient (Wildman–Crippen LogP) is 1.94. The van der Waals surface area contributed by atoms with Gasteiger partial charge < -0.3 is 5.32 Å². The van der Waals surface area contributed by atoms with Gasteiger partial charge in [-0.2, -0.15) is 0 Å². The lowest BCUT2D eigenvalue weighted by molar-refractivity contribution is 0.254. The van der Waals surface area contributed by atoms with Gasteiger partial charge in [0, 0.05) is 18.1 Å². The largest absolute Gasteiger partial charge is 0.341 e. The van der Waals surface area contributed by atoms with Crippen LogP contribution in [-0.2, 0) is 6.42 Å². The number of amides is 2. The number of anilines is 1. The first kappa shape index (κ1) is 11.3. The van der Waals surface area contributed by atoms with Gasteiger partial charge >= 0.3 is 6.03 Å². The molecule has 2 aromatic rings. The molecule has 2 aromatic heterocycles. The van der Waals surface area contributed by atoms with Gasteiger partial charge in [0.1, 0.15) is 5.82 Å². The summed E-state index contributed by atoms with van der Waals surface area (Å²) in [6.45, 7) is 2.04. The Morgan fingerprint density at radius 3 is 2.71 bits per heavy atom. The molecule has 88 valence electrons. The summed E-state index contributed by atoms with van der Waals surface area (Å²) in [7, 11) is 1.56. The Labute approximate surface area is 99.3 Å². The summed E-state index contributed by atoms with van der Waals surface area (Å²) in [5.41, 5.74) is 1.64. The molecule has 0 aliphatic heterocycles. The summed E-state index contributed by atoms with van der Waals surface area (Å²) < 4.78 is 0. The van der Waals surface area contributed by atoms with Crippen molar-refractivity contribution in [2.45, 2.75) is 13.3 Å². The van der Waals surface area contributed by atoms with Crippen molar-refractivity contribution in [3.8, 4) is 0 Å². The SMILES string of the molecule is CCc1ccc2ccc(NC(=O)NC)nc2n1. The minimum atomic E-state index is -0.288. The molecule has 2 rings (SSSR count). The first-order chi connectivity index (χ1) is 8.22. The summed E-state index contributed by atoms with van der Waals surface area (Å²) >= 11 is 0. The van der Waals surface area contributed by atoms with E-state index in [-0.39, 0.29) is 6.03 Å². The van der Waals surface area contributed by atoms with E-state index in [9.17, 15) is 4.79 Å². The van der Waals surface area contributed by atoms with Crippen molar-refractivity contribution in [3.63, 3.8) is 0 Å². The zero-order valence-electron chi connectivity index (χ0n) is 9.82. The highest BCUT2D eigenvalue weighted by molar-refractivity contribution is 5.89. The summed E-state index contributed by atoms with van der Waals surface area (Å²) in [4.78, 5) is 19.9. The van der Waals surface area contributed by atoms with Crippen LogP contribution in [0.2, 0.25) is 0 Å². The first-order valence-electron chi connectivity index (χ1n) is 5.48. The van der Waals surface area contributed by atoms with E-state index >= 15 is 0 Å². The average molecular weight is 230 g/mol. The van der Waals surface area contributed by atoms with E-state index < -0.39 is 0 Å². The van der Waals surface area contributed by atoms with Gasteiger partial charge in [0.25, 0.3) is 0 Å². The Hall–Kier alpha value is -2.17. The Bertz CT molecular complexity index is 553. The van der Waals surface area contributed by atoms with Crippen molar-refractivity contribution < 1.29 is 4.79 Å². The van der Waals surface area contributed by atoms with E-state index in [1.54, 1.807) is 13.1 Å². The lowest BCUT2D eigenvalue weighted by Gasteiger charge is -2.05. The number of hydrogen-bond donors (Lipinski definition) is 2. The number of urea groups is 1. The molecule has 0 saturated carbocycles. The summed E-state index contributed by atoms with van der Waals surface area (Å²) in [5, 5.41) is 6.06. The van der Waals surface area contributed by atoms with Crippen LogP contribution in [0.5, 0.6) is 0 Å². The summed E-state index contributed by atoms with van der Waals surface area (Å²) in [5.74, 6) is 0.498. The van der Waals surface area contributed by atoms with Crippen LogP contribution in [0.15, 0.2) is 24.3 Å².